The summed E-state index contributed by atoms with van der Waals surface area (Å²) in [6, 6.07) is 0. The first kappa shape index (κ1) is 7.58. The number of carbonyl (C=O) groups excluding carboxylic acids is 1. The molecule has 0 heterocycles. The zero-order chi connectivity index (χ0) is 7.72. The highest BCUT2D eigenvalue weighted by Crippen LogP contribution is 2.38. The van der Waals surface area contributed by atoms with Crippen molar-refractivity contribution in [2.75, 3.05) is 13.6 Å². The monoisotopic (exact) mass is 141 g/mol. The molecular formula is C8H15NO. The van der Waals surface area contributed by atoms with Crippen LogP contribution in [0.5, 0.6) is 0 Å². The van der Waals surface area contributed by atoms with E-state index in [4.69, 9.17) is 0 Å². The molecule has 2 heteroatoms. The molecule has 0 bridgehead atoms. The van der Waals surface area contributed by atoms with E-state index in [0.717, 1.165) is 13.0 Å². The van der Waals surface area contributed by atoms with E-state index in [1.54, 1.807) is 4.90 Å². The molecule has 1 aliphatic carbocycles. The number of amides is 1. The second-order valence-electron chi connectivity index (χ2n) is 3.17. The zero-order valence-electron chi connectivity index (χ0n) is 6.92. The molecule has 58 valence electrons. The lowest BCUT2D eigenvalue weighted by Crippen LogP contribution is -2.27. The number of carbonyl (C=O) groups is 1. The standard InChI is InChI=1S/C8H15NO/c1-4-9(3)8(10)7-5-6(7)2/h6-7H,4-5H2,1-3H3. The van der Waals surface area contributed by atoms with Crippen molar-refractivity contribution < 1.29 is 4.79 Å². The molecule has 10 heavy (non-hydrogen) atoms. The van der Waals surface area contributed by atoms with Gasteiger partial charge in [-0.1, -0.05) is 6.92 Å². The molecule has 0 aromatic rings. The van der Waals surface area contributed by atoms with E-state index < -0.39 is 0 Å². The summed E-state index contributed by atoms with van der Waals surface area (Å²) in [4.78, 5) is 13.1. The first-order valence-electron chi connectivity index (χ1n) is 3.91. The molecule has 0 N–H and O–H groups in total. The molecule has 0 spiro atoms. The Bertz CT molecular complexity index is 138. The average molecular weight is 141 g/mol. The van der Waals surface area contributed by atoms with Crippen LogP contribution in [-0.4, -0.2) is 24.4 Å². The van der Waals surface area contributed by atoms with E-state index in [1.165, 1.54) is 0 Å². The third kappa shape index (κ3) is 1.31. The summed E-state index contributed by atoms with van der Waals surface area (Å²) in [6.45, 7) is 4.97. The van der Waals surface area contributed by atoms with Gasteiger partial charge >= 0.3 is 0 Å². The van der Waals surface area contributed by atoms with Crippen LogP contribution < -0.4 is 0 Å². The van der Waals surface area contributed by atoms with E-state index in [-0.39, 0.29) is 0 Å². The van der Waals surface area contributed by atoms with Crippen LogP contribution in [0.25, 0.3) is 0 Å². The number of hydrogen-bond acceptors (Lipinski definition) is 1. The van der Waals surface area contributed by atoms with Crippen molar-refractivity contribution in [1.29, 1.82) is 0 Å². The van der Waals surface area contributed by atoms with Crippen molar-refractivity contribution in [3.63, 3.8) is 0 Å². The van der Waals surface area contributed by atoms with Crippen molar-refractivity contribution in [3.05, 3.63) is 0 Å². The number of nitrogens with zero attached hydrogens (tertiary/aromatic N) is 1. The van der Waals surface area contributed by atoms with Crippen LogP contribution in [0.15, 0.2) is 0 Å². The van der Waals surface area contributed by atoms with Gasteiger partial charge in [-0.3, -0.25) is 4.79 Å². The van der Waals surface area contributed by atoms with Crippen molar-refractivity contribution in [2.24, 2.45) is 11.8 Å². The summed E-state index contributed by atoms with van der Waals surface area (Å²) in [5.41, 5.74) is 0. The molecule has 2 atom stereocenters. The summed E-state index contributed by atoms with van der Waals surface area (Å²) in [5, 5.41) is 0. The van der Waals surface area contributed by atoms with Gasteiger partial charge in [0.15, 0.2) is 0 Å². The number of rotatable bonds is 2. The second-order valence-corrected chi connectivity index (χ2v) is 3.17. The van der Waals surface area contributed by atoms with Gasteiger partial charge in [0.1, 0.15) is 0 Å². The zero-order valence-corrected chi connectivity index (χ0v) is 6.92. The fraction of sp³-hybridized carbons (Fsp3) is 0.875. The lowest BCUT2D eigenvalue weighted by molar-refractivity contribution is -0.131. The van der Waals surface area contributed by atoms with E-state index >= 15 is 0 Å². The van der Waals surface area contributed by atoms with Crippen LogP contribution in [0.2, 0.25) is 0 Å². The topological polar surface area (TPSA) is 20.3 Å². The van der Waals surface area contributed by atoms with Gasteiger partial charge in [0.05, 0.1) is 0 Å². The fourth-order valence-electron chi connectivity index (χ4n) is 1.11. The molecule has 1 amide bonds. The summed E-state index contributed by atoms with van der Waals surface area (Å²) in [7, 11) is 1.87. The maximum atomic E-state index is 11.3. The maximum Gasteiger partial charge on any atom is 0.225 e. The highest BCUT2D eigenvalue weighted by Gasteiger charge is 2.40. The largest absolute Gasteiger partial charge is 0.346 e. The van der Waals surface area contributed by atoms with Crippen LogP contribution in [-0.2, 0) is 4.79 Å². The molecule has 0 aromatic carbocycles. The minimum atomic E-state index is 0.329. The Morgan fingerprint density at radius 1 is 1.70 bits per heavy atom. The summed E-state index contributed by atoms with van der Waals surface area (Å²) >= 11 is 0. The average Bonchev–Trinajstić information content (AvgIpc) is 2.63. The Morgan fingerprint density at radius 3 is 2.50 bits per heavy atom. The highest BCUT2D eigenvalue weighted by atomic mass is 16.2. The van der Waals surface area contributed by atoms with Crippen molar-refractivity contribution in [2.45, 2.75) is 20.3 Å². The second kappa shape index (κ2) is 2.60. The van der Waals surface area contributed by atoms with Crippen LogP contribution in [0.4, 0.5) is 0 Å². The Labute approximate surface area is 62.2 Å². The van der Waals surface area contributed by atoms with Crippen molar-refractivity contribution in [1.82, 2.24) is 4.90 Å². The Balaban J connectivity index is 2.35. The van der Waals surface area contributed by atoms with Crippen molar-refractivity contribution in [3.8, 4) is 0 Å². The predicted octanol–water partition coefficient (Wildman–Crippen LogP) is 1.12. The lowest BCUT2D eigenvalue weighted by atomic mass is 10.3. The minimum absolute atomic E-state index is 0.329. The Hall–Kier alpha value is -0.530. The first-order valence-corrected chi connectivity index (χ1v) is 3.91. The van der Waals surface area contributed by atoms with E-state index in [9.17, 15) is 4.79 Å². The van der Waals surface area contributed by atoms with E-state index in [2.05, 4.69) is 6.92 Å². The van der Waals surface area contributed by atoms with Crippen LogP contribution in [0.1, 0.15) is 20.3 Å². The predicted molar refractivity (Wildman–Crippen MR) is 40.6 cm³/mol. The molecule has 1 rings (SSSR count). The summed E-state index contributed by atoms with van der Waals surface area (Å²) < 4.78 is 0. The van der Waals surface area contributed by atoms with Gasteiger partial charge in [0, 0.05) is 19.5 Å². The van der Waals surface area contributed by atoms with E-state index in [1.807, 2.05) is 14.0 Å². The van der Waals surface area contributed by atoms with Crippen LogP contribution in [0, 0.1) is 11.8 Å². The molecule has 1 aliphatic rings. The molecule has 0 radical (unpaired) electrons. The normalized spacial score (nSPS) is 29.9. The molecule has 0 aromatic heterocycles. The maximum absolute atomic E-state index is 11.3. The molecule has 2 nitrogen and oxygen atoms in total. The summed E-state index contributed by atoms with van der Waals surface area (Å²) in [6.07, 6.45) is 1.10. The fourth-order valence-corrected chi connectivity index (χ4v) is 1.11. The lowest BCUT2D eigenvalue weighted by Gasteiger charge is -2.13. The quantitative estimate of drug-likeness (QED) is 0.564. The highest BCUT2D eigenvalue weighted by molar-refractivity contribution is 5.81. The molecule has 2 unspecified atom stereocenters. The molecule has 1 saturated carbocycles. The Kier molecular flexibility index (Phi) is 1.97. The van der Waals surface area contributed by atoms with Gasteiger partial charge in [-0.25, -0.2) is 0 Å². The minimum Gasteiger partial charge on any atom is -0.346 e. The van der Waals surface area contributed by atoms with Gasteiger partial charge in [-0.05, 0) is 19.3 Å². The first-order chi connectivity index (χ1) is 4.66. The van der Waals surface area contributed by atoms with Crippen molar-refractivity contribution >= 4 is 5.91 Å². The SMILES string of the molecule is CCN(C)C(=O)C1CC1C. The van der Waals surface area contributed by atoms with Gasteiger partial charge in [0.2, 0.25) is 5.91 Å². The van der Waals surface area contributed by atoms with Gasteiger partial charge in [-0.15, -0.1) is 0 Å². The molecule has 0 aliphatic heterocycles. The van der Waals surface area contributed by atoms with E-state index in [0.29, 0.717) is 17.7 Å². The molecular weight excluding hydrogens is 126 g/mol. The van der Waals surface area contributed by atoms with Crippen LogP contribution >= 0.6 is 0 Å². The van der Waals surface area contributed by atoms with Gasteiger partial charge < -0.3 is 4.90 Å². The van der Waals surface area contributed by atoms with Gasteiger partial charge in [-0.2, -0.15) is 0 Å². The smallest absolute Gasteiger partial charge is 0.225 e. The number of hydrogen-bond donors (Lipinski definition) is 0. The molecule has 1 fully saturated rings. The summed E-state index contributed by atoms with van der Waals surface area (Å²) in [5.74, 6) is 1.32. The molecule has 0 saturated heterocycles. The third-order valence-electron chi connectivity index (χ3n) is 2.28. The third-order valence-corrected chi connectivity index (χ3v) is 2.28. The van der Waals surface area contributed by atoms with Crippen LogP contribution in [0.3, 0.4) is 0 Å². The Morgan fingerprint density at radius 2 is 2.20 bits per heavy atom. The van der Waals surface area contributed by atoms with Gasteiger partial charge in [0.25, 0.3) is 0 Å².